The molecule has 2 N–H and O–H groups in total. The van der Waals surface area contributed by atoms with Gasteiger partial charge in [0.15, 0.2) is 0 Å². The molecule has 15 heavy (non-hydrogen) atoms. The smallest absolute Gasteiger partial charge is 0.324 e. The summed E-state index contributed by atoms with van der Waals surface area (Å²) in [6.45, 7) is 3.50. The molecule has 0 aliphatic rings. The molecule has 0 heterocycles. The summed E-state index contributed by atoms with van der Waals surface area (Å²) in [5.41, 5.74) is 5.49. The predicted octanol–water partition coefficient (Wildman–Crippen LogP) is 3.28. The highest BCUT2D eigenvalue weighted by molar-refractivity contribution is 5.28. The zero-order valence-corrected chi connectivity index (χ0v) is 8.09. The van der Waals surface area contributed by atoms with E-state index in [1.54, 1.807) is 12.1 Å². The molecule has 1 rings (SSSR count). The Bertz CT molecular complexity index is 344. The zero-order valence-electron chi connectivity index (χ0n) is 8.09. The van der Waals surface area contributed by atoms with Crippen LogP contribution < -0.4 is 5.73 Å². The quantitative estimate of drug-likeness (QED) is 0.769. The molecule has 0 spiro atoms. The van der Waals surface area contributed by atoms with Crippen molar-refractivity contribution in [2.24, 2.45) is 5.73 Å². The van der Waals surface area contributed by atoms with Gasteiger partial charge in [0.2, 0.25) is 0 Å². The first-order chi connectivity index (χ1) is 6.95. The Morgan fingerprint density at radius 1 is 1.40 bits per heavy atom. The van der Waals surface area contributed by atoms with Gasteiger partial charge in [0.05, 0.1) is 5.56 Å². The van der Waals surface area contributed by atoms with Crippen molar-refractivity contribution in [1.82, 2.24) is 0 Å². The van der Waals surface area contributed by atoms with Gasteiger partial charge in [-0.2, -0.15) is 13.2 Å². The van der Waals surface area contributed by atoms with Gasteiger partial charge in [0, 0.05) is 6.04 Å². The van der Waals surface area contributed by atoms with Crippen molar-refractivity contribution < 1.29 is 13.2 Å². The maximum Gasteiger partial charge on any atom is 0.416 e. The van der Waals surface area contributed by atoms with Crippen LogP contribution in [0.15, 0.2) is 36.9 Å². The van der Waals surface area contributed by atoms with Gasteiger partial charge in [0.1, 0.15) is 0 Å². The van der Waals surface area contributed by atoms with Crippen LogP contribution in [0.25, 0.3) is 0 Å². The Hall–Kier alpha value is -1.29. The molecule has 1 nitrogen and oxygen atoms in total. The minimum absolute atomic E-state index is 0.426. The molecule has 1 aromatic carbocycles. The molecule has 0 bridgehead atoms. The third-order valence-electron chi connectivity index (χ3n) is 2.06. The Labute approximate surface area is 86.4 Å². The standard InChI is InChI=1S/C11H12F3N/c1-2-4-10(15)8-5-3-6-9(7-8)11(12,13)14/h2-3,5-7,10H,1,4,15H2/t10-/m1/s1. The largest absolute Gasteiger partial charge is 0.416 e. The van der Waals surface area contributed by atoms with Gasteiger partial charge in [0.25, 0.3) is 0 Å². The molecule has 0 saturated carbocycles. The molecule has 0 aliphatic heterocycles. The van der Waals surface area contributed by atoms with E-state index in [0.29, 0.717) is 12.0 Å². The first-order valence-corrected chi connectivity index (χ1v) is 4.49. The van der Waals surface area contributed by atoms with Gasteiger partial charge < -0.3 is 5.73 Å². The molecule has 4 heteroatoms. The first kappa shape index (κ1) is 11.8. The van der Waals surface area contributed by atoms with Crippen molar-refractivity contribution in [1.29, 1.82) is 0 Å². The van der Waals surface area contributed by atoms with E-state index in [0.717, 1.165) is 12.1 Å². The predicted molar refractivity (Wildman–Crippen MR) is 53.2 cm³/mol. The lowest BCUT2D eigenvalue weighted by molar-refractivity contribution is -0.137. The van der Waals surface area contributed by atoms with Crippen LogP contribution in [0.2, 0.25) is 0 Å². The number of hydrogen-bond donors (Lipinski definition) is 1. The van der Waals surface area contributed by atoms with Crippen LogP contribution in [0.4, 0.5) is 13.2 Å². The van der Waals surface area contributed by atoms with Crippen LogP contribution in [-0.2, 0) is 6.18 Å². The van der Waals surface area contributed by atoms with Crippen molar-refractivity contribution >= 4 is 0 Å². The molecule has 82 valence electrons. The van der Waals surface area contributed by atoms with E-state index in [9.17, 15) is 13.2 Å². The highest BCUT2D eigenvalue weighted by atomic mass is 19.4. The number of nitrogens with two attached hydrogens (primary N) is 1. The third kappa shape index (κ3) is 3.09. The average molecular weight is 215 g/mol. The number of alkyl halides is 3. The molecular formula is C11H12F3N. The van der Waals surface area contributed by atoms with Crippen LogP contribution >= 0.6 is 0 Å². The van der Waals surface area contributed by atoms with Crippen LogP contribution in [-0.4, -0.2) is 0 Å². The van der Waals surface area contributed by atoms with Crippen molar-refractivity contribution in [3.63, 3.8) is 0 Å². The number of halogens is 3. The molecule has 1 aromatic rings. The monoisotopic (exact) mass is 215 g/mol. The second-order valence-corrected chi connectivity index (χ2v) is 3.25. The summed E-state index contributed by atoms with van der Waals surface area (Å²) in [6, 6.07) is 4.63. The maximum atomic E-state index is 12.4. The van der Waals surface area contributed by atoms with Crippen molar-refractivity contribution in [2.75, 3.05) is 0 Å². The van der Waals surface area contributed by atoms with E-state index in [-0.39, 0.29) is 0 Å². The molecule has 0 fully saturated rings. The lowest BCUT2D eigenvalue weighted by Gasteiger charge is -2.12. The van der Waals surface area contributed by atoms with Crippen LogP contribution in [0, 0.1) is 0 Å². The lowest BCUT2D eigenvalue weighted by atomic mass is 10.0. The zero-order chi connectivity index (χ0) is 11.5. The molecule has 0 amide bonds. The lowest BCUT2D eigenvalue weighted by Crippen LogP contribution is -2.11. The van der Waals surface area contributed by atoms with E-state index in [2.05, 4.69) is 6.58 Å². The first-order valence-electron chi connectivity index (χ1n) is 4.49. The van der Waals surface area contributed by atoms with Gasteiger partial charge in [-0.05, 0) is 24.1 Å². The second-order valence-electron chi connectivity index (χ2n) is 3.25. The Morgan fingerprint density at radius 3 is 2.60 bits per heavy atom. The SMILES string of the molecule is C=CC[C@@H](N)c1cccc(C(F)(F)F)c1. The summed E-state index contributed by atoms with van der Waals surface area (Å²) in [6.07, 6.45) is -2.27. The molecule has 0 unspecified atom stereocenters. The summed E-state index contributed by atoms with van der Waals surface area (Å²) < 4.78 is 37.1. The number of rotatable bonds is 3. The maximum absolute atomic E-state index is 12.4. The summed E-state index contributed by atoms with van der Waals surface area (Å²) in [5.74, 6) is 0. The highest BCUT2D eigenvalue weighted by Crippen LogP contribution is 2.30. The van der Waals surface area contributed by atoms with E-state index in [1.165, 1.54) is 6.07 Å². The van der Waals surface area contributed by atoms with E-state index < -0.39 is 17.8 Å². The van der Waals surface area contributed by atoms with Gasteiger partial charge in [-0.25, -0.2) is 0 Å². The van der Waals surface area contributed by atoms with E-state index >= 15 is 0 Å². The Balaban J connectivity index is 2.97. The third-order valence-corrected chi connectivity index (χ3v) is 2.06. The number of hydrogen-bond acceptors (Lipinski definition) is 1. The van der Waals surface area contributed by atoms with E-state index in [1.807, 2.05) is 0 Å². The minimum atomic E-state index is -4.32. The fourth-order valence-electron chi connectivity index (χ4n) is 1.26. The Kier molecular flexibility index (Phi) is 3.52. The number of benzene rings is 1. The van der Waals surface area contributed by atoms with Crippen molar-refractivity contribution in [2.45, 2.75) is 18.6 Å². The fraction of sp³-hybridized carbons (Fsp3) is 0.273. The summed E-state index contributed by atoms with van der Waals surface area (Å²) in [5, 5.41) is 0. The molecule has 0 saturated heterocycles. The second kappa shape index (κ2) is 4.49. The molecule has 1 atom stereocenters. The summed E-state index contributed by atoms with van der Waals surface area (Å²) in [7, 11) is 0. The van der Waals surface area contributed by atoms with Crippen LogP contribution in [0.1, 0.15) is 23.6 Å². The minimum Gasteiger partial charge on any atom is -0.324 e. The highest BCUT2D eigenvalue weighted by Gasteiger charge is 2.30. The molecule has 0 radical (unpaired) electrons. The van der Waals surface area contributed by atoms with Gasteiger partial charge in [-0.15, -0.1) is 6.58 Å². The topological polar surface area (TPSA) is 26.0 Å². The van der Waals surface area contributed by atoms with Crippen LogP contribution in [0.3, 0.4) is 0 Å². The van der Waals surface area contributed by atoms with Gasteiger partial charge in [-0.1, -0.05) is 18.2 Å². The summed E-state index contributed by atoms with van der Waals surface area (Å²) >= 11 is 0. The van der Waals surface area contributed by atoms with E-state index in [4.69, 9.17) is 5.73 Å². The van der Waals surface area contributed by atoms with Crippen molar-refractivity contribution in [3.05, 3.63) is 48.0 Å². The fourth-order valence-corrected chi connectivity index (χ4v) is 1.26. The molecule has 0 aliphatic carbocycles. The van der Waals surface area contributed by atoms with Crippen LogP contribution in [0.5, 0.6) is 0 Å². The van der Waals surface area contributed by atoms with Gasteiger partial charge in [-0.3, -0.25) is 0 Å². The molecule has 0 aromatic heterocycles. The normalized spacial score (nSPS) is 13.6. The molecular weight excluding hydrogens is 203 g/mol. The Morgan fingerprint density at radius 2 is 2.07 bits per heavy atom. The van der Waals surface area contributed by atoms with Gasteiger partial charge >= 0.3 is 6.18 Å². The summed E-state index contributed by atoms with van der Waals surface area (Å²) in [4.78, 5) is 0. The van der Waals surface area contributed by atoms with Crippen molar-refractivity contribution in [3.8, 4) is 0 Å². The average Bonchev–Trinajstić information content (AvgIpc) is 2.17.